The zero-order valence-corrected chi connectivity index (χ0v) is 8.37. The van der Waals surface area contributed by atoms with Crippen LogP contribution in [0.4, 0.5) is 0 Å². The van der Waals surface area contributed by atoms with E-state index in [1.807, 2.05) is 0 Å². The van der Waals surface area contributed by atoms with Gasteiger partial charge in [0.15, 0.2) is 0 Å². The number of nitrogens with zero attached hydrogens (tertiary/aromatic N) is 1. The van der Waals surface area contributed by atoms with Gasteiger partial charge < -0.3 is 5.73 Å². The van der Waals surface area contributed by atoms with Crippen molar-refractivity contribution < 1.29 is 0 Å². The first-order valence-corrected chi connectivity index (χ1v) is 5.58. The predicted octanol–water partition coefficient (Wildman–Crippen LogP) is 1.95. The molecule has 1 heterocycles. The molecule has 2 N–H and O–H groups in total. The lowest BCUT2D eigenvalue weighted by Gasteiger charge is -2.07. The first-order valence-electron chi connectivity index (χ1n) is 5.58. The molecule has 1 saturated carbocycles. The summed E-state index contributed by atoms with van der Waals surface area (Å²) in [5, 5.41) is 0. The quantitative estimate of drug-likeness (QED) is 0.770. The summed E-state index contributed by atoms with van der Waals surface area (Å²) < 4.78 is 0. The van der Waals surface area contributed by atoms with Gasteiger partial charge in [-0.15, -0.1) is 0 Å². The van der Waals surface area contributed by atoms with Crippen molar-refractivity contribution in [3.63, 3.8) is 0 Å². The molecule has 0 aromatic carbocycles. The van der Waals surface area contributed by atoms with E-state index in [1.54, 1.807) is 0 Å². The van der Waals surface area contributed by atoms with Crippen molar-refractivity contribution in [2.75, 3.05) is 6.54 Å². The Labute approximate surface area is 84.5 Å². The molecule has 1 atom stereocenters. The summed E-state index contributed by atoms with van der Waals surface area (Å²) in [5.74, 6) is 1.35. The molecule has 2 nitrogen and oxygen atoms in total. The lowest BCUT2D eigenvalue weighted by atomic mass is 10.0. The molecule has 2 aliphatic rings. The fourth-order valence-electron chi connectivity index (χ4n) is 2.42. The van der Waals surface area contributed by atoms with Gasteiger partial charge in [0.1, 0.15) is 0 Å². The second-order valence-electron chi connectivity index (χ2n) is 4.52. The molecule has 1 unspecified atom stereocenters. The number of aromatic nitrogens is 1. The van der Waals surface area contributed by atoms with Crippen molar-refractivity contribution in [2.45, 2.75) is 37.5 Å². The molecule has 0 saturated heterocycles. The minimum absolute atomic E-state index is 0.575. The molecule has 3 rings (SSSR count). The van der Waals surface area contributed by atoms with Crippen molar-refractivity contribution >= 4 is 0 Å². The molecule has 2 heteroatoms. The number of fused-ring (bicyclic) bond motifs is 1. The molecular weight excluding hydrogens is 172 g/mol. The third kappa shape index (κ3) is 1.25. The minimum Gasteiger partial charge on any atom is -0.330 e. The number of pyridine rings is 1. The average Bonchev–Trinajstić information content (AvgIpc) is 2.98. The van der Waals surface area contributed by atoms with Gasteiger partial charge in [0, 0.05) is 17.3 Å². The number of nitrogens with two attached hydrogens (primary N) is 1. The largest absolute Gasteiger partial charge is 0.330 e. The zero-order valence-electron chi connectivity index (χ0n) is 8.37. The summed E-state index contributed by atoms with van der Waals surface area (Å²) in [7, 11) is 0. The van der Waals surface area contributed by atoms with Gasteiger partial charge in [-0.05, 0) is 49.8 Å². The lowest BCUT2D eigenvalue weighted by Crippen LogP contribution is -2.09. The molecule has 1 aromatic rings. The molecular formula is C12H16N2. The normalized spacial score (nSPS) is 25.1. The Morgan fingerprint density at radius 1 is 1.29 bits per heavy atom. The van der Waals surface area contributed by atoms with Crippen LogP contribution < -0.4 is 5.73 Å². The van der Waals surface area contributed by atoms with Crippen molar-refractivity contribution in [3.8, 4) is 0 Å². The van der Waals surface area contributed by atoms with Crippen LogP contribution in [0.2, 0.25) is 0 Å². The van der Waals surface area contributed by atoms with Crippen LogP contribution in [0.15, 0.2) is 12.1 Å². The van der Waals surface area contributed by atoms with E-state index >= 15 is 0 Å². The van der Waals surface area contributed by atoms with E-state index < -0.39 is 0 Å². The molecule has 14 heavy (non-hydrogen) atoms. The molecule has 0 bridgehead atoms. The van der Waals surface area contributed by atoms with Crippen LogP contribution in [-0.2, 0) is 6.42 Å². The molecule has 1 fully saturated rings. The Balaban J connectivity index is 1.96. The van der Waals surface area contributed by atoms with E-state index in [0.29, 0.717) is 5.92 Å². The van der Waals surface area contributed by atoms with E-state index in [2.05, 4.69) is 12.1 Å². The second kappa shape index (κ2) is 3.06. The fraction of sp³-hybridized carbons (Fsp3) is 0.583. The highest BCUT2D eigenvalue weighted by Gasteiger charge is 2.28. The van der Waals surface area contributed by atoms with Crippen molar-refractivity contribution in [3.05, 3.63) is 29.1 Å². The van der Waals surface area contributed by atoms with Crippen LogP contribution in [0.1, 0.15) is 48.0 Å². The minimum atomic E-state index is 0.575. The van der Waals surface area contributed by atoms with Gasteiger partial charge in [0.05, 0.1) is 0 Å². The molecule has 2 aliphatic carbocycles. The fourth-order valence-corrected chi connectivity index (χ4v) is 2.42. The van der Waals surface area contributed by atoms with Gasteiger partial charge >= 0.3 is 0 Å². The Hall–Kier alpha value is -0.890. The maximum Gasteiger partial charge on any atom is 0.0442 e. The highest BCUT2D eigenvalue weighted by molar-refractivity contribution is 5.33. The number of aryl methyl sites for hydroxylation is 1. The van der Waals surface area contributed by atoms with Crippen LogP contribution >= 0.6 is 0 Å². The highest BCUT2D eigenvalue weighted by atomic mass is 14.8. The standard InChI is InChI=1S/C12H16N2/c13-7-9-3-5-12-10(9)4-6-11(14-12)8-1-2-8/h4,6,8-9H,1-3,5,7,13H2. The summed E-state index contributed by atoms with van der Waals surface area (Å²) in [6.07, 6.45) is 5.02. The molecule has 0 amide bonds. The van der Waals surface area contributed by atoms with Crippen LogP contribution in [0.25, 0.3) is 0 Å². The van der Waals surface area contributed by atoms with Crippen LogP contribution in [0.5, 0.6) is 0 Å². The number of hydrogen-bond donors (Lipinski definition) is 1. The zero-order chi connectivity index (χ0) is 9.54. The lowest BCUT2D eigenvalue weighted by molar-refractivity contribution is 0.688. The van der Waals surface area contributed by atoms with Crippen LogP contribution in [0.3, 0.4) is 0 Å². The maximum atomic E-state index is 5.73. The first kappa shape index (κ1) is 8.42. The van der Waals surface area contributed by atoms with Gasteiger partial charge in [-0.25, -0.2) is 0 Å². The summed E-state index contributed by atoms with van der Waals surface area (Å²) in [6.45, 7) is 0.775. The molecule has 0 aliphatic heterocycles. The molecule has 1 aromatic heterocycles. The van der Waals surface area contributed by atoms with Gasteiger partial charge in [0.25, 0.3) is 0 Å². The Morgan fingerprint density at radius 2 is 2.14 bits per heavy atom. The van der Waals surface area contributed by atoms with Crippen LogP contribution in [0, 0.1) is 0 Å². The van der Waals surface area contributed by atoms with E-state index in [9.17, 15) is 0 Å². The second-order valence-corrected chi connectivity index (χ2v) is 4.52. The third-order valence-corrected chi connectivity index (χ3v) is 3.48. The summed E-state index contributed by atoms with van der Waals surface area (Å²) in [5.41, 5.74) is 9.79. The molecule has 0 radical (unpaired) electrons. The average molecular weight is 188 g/mol. The highest BCUT2D eigenvalue weighted by Crippen LogP contribution is 2.40. The topological polar surface area (TPSA) is 38.9 Å². The number of hydrogen-bond acceptors (Lipinski definition) is 2. The van der Waals surface area contributed by atoms with Gasteiger partial charge in [-0.2, -0.15) is 0 Å². The molecule has 74 valence electrons. The number of rotatable bonds is 2. The van der Waals surface area contributed by atoms with Crippen molar-refractivity contribution in [1.29, 1.82) is 0 Å². The van der Waals surface area contributed by atoms with E-state index in [4.69, 9.17) is 10.7 Å². The van der Waals surface area contributed by atoms with Crippen molar-refractivity contribution in [1.82, 2.24) is 4.98 Å². The van der Waals surface area contributed by atoms with E-state index in [0.717, 1.165) is 18.9 Å². The third-order valence-electron chi connectivity index (χ3n) is 3.48. The Morgan fingerprint density at radius 3 is 2.86 bits per heavy atom. The summed E-state index contributed by atoms with van der Waals surface area (Å²) >= 11 is 0. The van der Waals surface area contributed by atoms with E-state index in [1.165, 1.54) is 36.2 Å². The van der Waals surface area contributed by atoms with Gasteiger partial charge in [0.2, 0.25) is 0 Å². The Bertz CT molecular complexity index is 355. The smallest absolute Gasteiger partial charge is 0.0442 e. The summed E-state index contributed by atoms with van der Waals surface area (Å²) in [4.78, 5) is 4.76. The first-order chi connectivity index (χ1) is 6.88. The van der Waals surface area contributed by atoms with Crippen LogP contribution in [-0.4, -0.2) is 11.5 Å². The monoisotopic (exact) mass is 188 g/mol. The van der Waals surface area contributed by atoms with Gasteiger partial charge in [-0.3, -0.25) is 4.98 Å². The summed E-state index contributed by atoms with van der Waals surface area (Å²) in [6, 6.07) is 4.48. The Kier molecular flexibility index (Phi) is 1.84. The SMILES string of the molecule is NCC1CCc2nc(C3CC3)ccc21. The maximum absolute atomic E-state index is 5.73. The van der Waals surface area contributed by atoms with Crippen molar-refractivity contribution in [2.24, 2.45) is 5.73 Å². The van der Waals surface area contributed by atoms with E-state index in [-0.39, 0.29) is 0 Å². The molecule has 0 spiro atoms. The predicted molar refractivity (Wildman–Crippen MR) is 56.3 cm³/mol. The van der Waals surface area contributed by atoms with Gasteiger partial charge in [-0.1, -0.05) is 6.07 Å².